The quantitative estimate of drug-likeness (QED) is 0.743. The van der Waals surface area contributed by atoms with Gasteiger partial charge in [0.15, 0.2) is 0 Å². The molecule has 0 bridgehead atoms. The summed E-state index contributed by atoms with van der Waals surface area (Å²) in [6, 6.07) is 13.5. The van der Waals surface area contributed by atoms with Crippen LogP contribution in [0.25, 0.3) is 11.3 Å². The van der Waals surface area contributed by atoms with Crippen molar-refractivity contribution in [1.29, 1.82) is 0 Å². The minimum absolute atomic E-state index is 0.117. The number of aromatic nitrogens is 2. The Bertz CT molecular complexity index is 1040. The van der Waals surface area contributed by atoms with Gasteiger partial charge in [0.25, 0.3) is 10.0 Å². The second-order valence-corrected chi connectivity index (χ2v) is 7.68. The molecule has 1 N–H and O–H groups in total. The molecular formula is C18H16ClN3O2S. The lowest BCUT2D eigenvalue weighted by molar-refractivity contribution is 0.601. The van der Waals surface area contributed by atoms with Gasteiger partial charge in [-0.15, -0.1) is 0 Å². The molecule has 0 fully saturated rings. The Balaban J connectivity index is 1.92. The van der Waals surface area contributed by atoms with Gasteiger partial charge in [0.2, 0.25) is 0 Å². The molecule has 1 heterocycles. The number of sulfonamides is 1. The molecule has 0 aliphatic heterocycles. The van der Waals surface area contributed by atoms with Crippen LogP contribution >= 0.6 is 11.6 Å². The molecule has 2 aromatic carbocycles. The van der Waals surface area contributed by atoms with E-state index in [0.717, 1.165) is 16.8 Å². The zero-order chi connectivity index (χ0) is 18.0. The Kier molecular flexibility index (Phi) is 4.74. The molecule has 0 radical (unpaired) electrons. The van der Waals surface area contributed by atoms with Crippen molar-refractivity contribution >= 4 is 27.3 Å². The molecule has 3 rings (SSSR count). The molecule has 0 saturated carbocycles. The summed E-state index contributed by atoms with van der Waals surface area (Å²) >= 11 is 6.04. The highest BCUT2D eigenvalue weighted by Crippen LogP contribution is 2.25. The van der Waals surface area contributed by atoms with E-state index >= 15 is 0 Å². The first-order valence-electron chi connectivity index (χ1n) is 7.54. The van der Waals surface area contributed by atoms with Crippen LogP contribution in [0.15, 0.2) is 59.6 Å². The fourth-order valence-corrected chi connectivity index (χ4v) is 3.63. The van der Waals surface area contributed by atoms with Crippen molar-refractivity contribution < 1.29 is 8.42 Å². The van der Waals surface area contributed by atoms with Crippen LogP contribution in [-0.2, 0) is 10.0 Å². The Morgan fingerprint density at radius 3 is 2.56 bits per heavy atom. The van der Waals surface area contributed by atoms with E-state index in [-0.39, 0.29) is 4.90 Å². The molecule has 0 unspecified atom stereocenters. The van der Waals surface area contributed by atoms with Crippen LogP contribution < -0.4 is 4.72 Å². The maximum atomic E-state index is 12.6. The van der Waals surface area contributed by atoms with Crippen LogP contribution in [-0.4, -0.2) is 18.4 Å². The molecule has 0 atom stereocenters. The van der Waals surface area contributed by atoms with Crippen molar-refractivity contribution in [3.8, 4) is 11.3 Å². The third-order valence-electron chi connectivity index (χ3n) is 3.64. The van der Waals surface area contributed by atoms with Crippen molar-refractivity contribution in [2.75, 3.05) is 4.72 Å². The summed E-state index contributed by atoms with van der Waals surface area (Å²) in [6.07, 6.45) is 1.67. The monoisotopic (exact) mass is 373 g/mol. The van der Waals surface area contributed by atoms with E-state index in [2.05, 4.69) is 14.7 Å². The van der Waals surface area contributed by atoms with Crippen LogP contribution in [0.2, 0.25) is 5.02 Å². The third-order valence-corrected chi connectivity index (χ3v) is 5.43. The molecule has 0 aliphatic carbocycles. The van der Waals surface area contributed by atoms with Gasteiger partial charge in [0, 0.05) is 22.5 Å². The smallest absolute Gasteiger partial charge is 0.261 e. The minimum atomic E-state index is -3.73. The van der Waals surface area contributed by atoms with E-state index < -0.39 is 10.0 Å². The van der Waals surface area contributed by atoms with Gasteiger partial charge in [-0.2, -0.15) is 0 Å². The Labute approximate surface area is 151 Å². The SMILES string of the molecule is Cc1nccc(-c2cccc(NS(=O)(=O)c3ccc(C)c(Cl)c3)c2)n1. The first-order chi connectivity index (χ1) is 11.8. The molecule has 128 valence electrons. The van der Waals surface area contributed by atoms with Crippen LogP contribution in [0.4, 0.5) is 5.69 Å². The van der Waals surface area contributed by atoms with Crippen LogP contribution in [0.1, 0.15) is 11.4 Å². The topological polar surface area (TPSA) is 72.0 Å². The summed E-state index contributed by atoms with van der Waals surface area (Å²) < 4.78 is 27.7. The van der Waals surface area contributed by atoms with E-state index in [1.165, 1.54) is 12.1 Å². The highest BCUT2D eigenvalue weighted by molar-refractivity contribution is 7.92. The van der Waals surface area contributed by atoms with E-state index in [1.54, 1.807) is 43.5 Å². The zero-order valence-corrected chi connectivity index (χ0v) is 15.3. The lowest BCUT2D eigenvalue weighted by Gasteiger charge is -2.10. The molecule has 3 aromatic rings. The van der Waals surface area contributed by atoms with E-state index in [4.69, 9.17) is 11.6 Å². The highest BCUT2D eigenvalue weighted by Gasteiger charge is 2.15. The maximum Gasteiger partial charge on any atom is 0.261 e. The van der Waals surface area contributed by atoms with Gasteiger partial charge in [-0.05, 0) is 49.7 Å². The van der Waals surface area contributed by atoms with Crippen molar-refractivity contribution in [2.24, 2.45) is 0 Å². The fourth-order valence-electron chi connectivity index (χ4n) is 2.31. The number of benzene rings is 2. The predicted molar refractivity (Wildman–Crippen MR) is 99.2 cm³/mol. The summed E-state index contributed by atoms with van der Waals surface area (Å²) in [6.45, 7) is 3.62. The van der Waals surface area contributed by atoms with E-state index in [9.17, 15) is 8.42 Å². The average Bonchev–Trinajstić information content (AvgIpc) is 2.57. The molecule has 0 amide bonds. The number of nitrogens with zero attached hydrogens (tertiary/aromatic N) is 2. The Morgan fingerprint density at radius 1 is 1.04 bits per heavy atom. The summed E-state index contributed by atoms with van der Waals surface area (Å²) in [4.78, 5) is 8.54. The van der Waals surface area contributed by atoms with Crippen molar-refractivity contribution in [3.05, 3.63) is 71.1 Å². The van der Waals surface area contributed by atoms with Gasteiger partial charge in [-0.3, -0.25) is 4.72 Å². The predicted octanol–water partition coefficient (Wildman–Crippen LogP) is 4.21. The molecule has 0 aliphatic rings. The minimum Gasteiger partial charge on any atom is -0.280 e. The van der Waals surface area contributed by atoms with E-state index in [1.807, 2.05) is 13.0 Å². The number of hydrogen-bond donors (Lipinski definition) is 1. The molecular weight excluding hydrogens is 358 g/mol. The molecule has 0 saturated heterocycles. The van der Waals surface area contributed by atoms with Crippen LogP contribution in [0.5, 0.6) is 0 Å². The molecule has 0 spiro atoms. The molecule has 5 nitrogen and oxygen atoms in total. The number of nitrogens with one attached hydrogen (secondary N) is 1. The fraction of sp³-hybridized carbons (Fsp3) is 0.111. The van der Waals surface area contributed by atoms with Crippen molar-refractivity contribution in [1.82, 2.24) is 9.97 Å². The van der Waals surface area contributed by atoms with Gasteiger partial charge in [-0.1, -0.05) is 29.8 Å². The summed E-state index contributed by atoms with van der Waals surface area (Å²) in [5.74, 6) is 0.651. The maximum absolute atomic E-state index is 12.6. The zero-order valence-electron chi connectivity index (χ0n) is 13.7. The Hall–Kier alpha value is -2.44. The second kappa shape index (κ2) is 6.82. The van der Waals surface area contributed by atoms with Crippen LogP contribution in [0, 0.1) is 13.8 Å². The molecule has 7 heteroatoms. The number of hydrogen-bond acceptors (Lipinski definition) is 4. The van der Waals surface area contributed by atoms with Gasteiger partial charge in [-0.25, -0.2) is 18.4 Å². The summed E-state index contributed by atoms with van der Waals surface area (Å²) in [5, 5.41) is 0.410. The number of halogens is 1. The molecule has 25 heavy (non-hydrogen) atoms. The number of rotatable bonds is 4. The largest absolute Gasteiger partial charge is 0.280 e. The van der Waals surface area contributed by atoms with Crippen molar-refractivity contribution in [2.45, 2.75) is 18.7 Å². The first-order valence-corrected chi connectivity index (χ1v) is 9.40. The second-order valence-electron chi connectivity index (χ2n) is 5.59. The Morgan fingerprint density at radius 2 is 1.84 bits per heavy atom. The highest BCUT2D eigenvalue weighted by atomic mass is 35.5. The average molecular weight is 374 g/mol. The van der Waals surface area contributed by atoms with Crippen LogP contribution in [0.3, 0.4) is 0 Å². The summed E-state index contributed by atoms with van der Waals surface area (Å²) in [5.41, 5.74) is 2.80. The standard InChI is InChI=1S/C18H16ClN3O2S/c1-12-6-7-16(11-17(12)19)25(23,24)22-15-5-3-4-14(10-15)18-8-9-20-13(2)21-18/h3-11,22H,1-2H3. The number of anilines is 1. The van der Waals surface area contributed by atoms with Gasteiger partial charge < -0.3 is 0 Å². The van der Waals surface area contributed by atoms with Gasteiger partial charge >= 0.3 is 0 Å². The third kappa shape index (κ3) is 3.97. The van der Waals surface area contributed by atoms with Gasteiger partial charge in [0.05, 0.1) is 10.6 Å². The number of aryl methyl sites for hydroxylation is 2. The summed E-state index contributed by atoms with van der Waals surface area (Å²) in [7, 11) is -3.73. The molecule has 1 aromatic heterocycles. The lowest BCUT2D eigenvalue weighted by Crippen LogP contribution is -2.13. The van der Waals surface area contributed by atoms with Crippen molar-refractivity contribution in [3.63, 3.8) is 0 Å². The van der Waals surface area contributed by atoms with E-state index in [0.29, 0.717) is 16.5 Å². The normalized spacial score (nSPS) is 11.3. The lowest BCUT2D eigenvalue weighted by atomic mass is 10.1. The van der Waals surface area contributed by atoms with Gasteiger partial charge in [0.1, 0.15) is 5.82 Å². The first kappa shape index (κ1) is 17.4.